The maximum atomic E-state index is 6.21. The van der Waals surface area contributed by atoms with Crippen LogP contribution in [-0.4, -0.2) is 15.1 Å². The third-order valence-corrected chi connectivity index (χ3v) is 4.89. The standard InChI is InChI=1S/C14H19N3S2/c1-3-4-11-5-7-12(8-6-11)13(15)9-18-14-16-10(2)17-19-14/h5-8,13H,3-4,9,15H2,1-2H3. The van der Waals surface area contributed by atoms with Crippen LogP contribution in [0.4, 0.5) is 0 Å². The van der Waals surface area contributed by atoms with Crippen LogP contribution in [0.5, 0.6) is 0 Å². The molecule has 0 aliphatic heterocycles. The van der Waals surface area contributed by atoms with E-state index in [0.29, 0.717) is 0 Å². The number of aryl methyl sites for hydroxylation is 2. The van der Waals surface area contributed by atoms with E-state index in [-0.39, 0.29) is 6.04 Å². The van der Waals surface area contributed by atoms with E-state index >= 15 is 0 Å². The molecule has 0 bridgehead atoms. The Morgan fingerprint density at radius 2 is 2.05 bits per heavy atom. The molecule has 0 aliphatic carbocycles. The molecular formula is C14H19N3S2. The zero-order valence-corrected chi connectivity index (χ0v) is 12.9. The van der Waals surface area contributed by atoms with Gasteiger partial charge >= 0.3 is 0 Å². The molecule has 0 amide bonds. The van der Waals surface area contributed by atoms with E-state index in [1.54, 1.807) is 11.8 Å². The average molecular weight is 293 g/mol. The minimum atomic E-state index is 0.0462. The molecule has 0 radical (unpaired) electrons. The van der Waals surface area contributed by atoms with Gasteiger partial charge in [0.1, 0.15) is 5.82 Å². The van der Waals surface area contributed by atoms with Crippen molar-refractivity contribution in [1.82, 2.24) is 9.36 Å². The lowest BCUT2D eigenvalue weighted by Crippen LogP contribution is -2.12. The average Bonchev–Trinajstić information content (AvgIpc) is 2.83. The van der Waals surface area contributed by atoms with Crippen molar-refractivity contribution in [3.8, 4) is 0 Å². The Morgan fingerprint density at radius 3 is 2.63 bits per heavy atom. The zero-order chi connectivity index (χ0) is 13.7. The third kappa shape index (κ3) is 4.30. The van der Waals surface area contributed by atoms with Gasteiger partial charge in [0, 0.05) is 11.8 Å². The molecule has 2 N–H and O–H groups in total. The summed E-state index contributed by atoms with van der Waals surface area (Å²) in [5.41, 5.74) is 8.78. The predicted molar refractivity (Wildman–Crippen MR) is 82.7 cm³/mol. The number of hydrogen-bond acceptors (Lipinski definition) is 5. The van der Waals surface area contributed by atoms with E-state index in [0.717, 1.165) is 22.3 Å². The van der Waals surface area contributed by atoms with E-state index in [1.807, 2.05) is 6.92 Å². The van der Waals surface area contributed by atoms with Gasteiger partial charge in [0.25, 0.3) is 0 Å². The highest BCUT2D eigenvalue weighted by Crippen LogP contribution is 2.25. The molecule has 0 saturated carbocycles. The van der Waals surface area contributed by atoms with E-state index in [1.165, 1.54) is 29.1 Å². The molecule has 2 aromatic rings. The van der Waals surface area contributed by atoms with Crippen LogP contribution in [-0.2, 0) is 6.42 Å². The summed E-state index contributed by atoms with van der Waals surface area (Å²) in [5.74, 6) is 1.67. The summed E-state index contributed by atoms with van der Waals surface area (Å²) in [6, 6.07) is 8.69. The number of hydrogen-bond donors (Lipinski definition) is 1. The van der Waals surface area contributed by atoms with Gasteiger partial charge < -0.3 is 5.73 Å². The highest BCUT2D eigenvalue weighted by Gasteiger charge is 2.09. The van der Waals surface area contributed by atoms with Crippen LogP contribution < -0.4 is 5.73 Å². The van der Waals surface area contributed by atoms with Crippen molar-refractivity contribution in [1.29, 1.82) is 0 Å². The molecular weight excluding hydrogens is 274 g/mol. The Morgan fingerprint density at radius 1 is 1.32 bits per heavy atom. The summed E-state index contributed by atoms with van der Waals surface area (Å²) in [6.45, 7) is 4.10. The predicted octanol–water partition coefficient (Wildman–Crippen LogP) is 3.59. The third-order valence-electron chi connectivity index (χ3n) is 2.84. The van der Waals surface area contributed by atoms with Crippen LogP contribution in [0.15, 0.2) is 28.6 Å². The maximum absolute atomic E-state index is 6.21. The van der Waals surface area contributed by atoms with Crippen molar-refractivity contribution < 1.29 is 0 Å². The van der Waals surface area contributed by atoms with Gasteiger partial charge in [-0.3, -0.25) is 0 Å². The molecule has 3 nitrogen and oxygen atoms in total. The zero-order valence-electron chi connectivity index (χ0n) is 11.3. The number of benzene rings is 1. The normalized spacial score (nSPS) is 12.6. The van der Waals surface area contributed by atoms with Crippen LogP contribution in [0.25, 0.3) is 0 Å². The topological polar surface area (TPSA) is 51.8 Å². The first-order chi connectivity index (χ1) is 9.19. The number of nitrogens with zero attached hydrogens (tertiary/aromatic N) is 2. The van der Waals surface area contributed by atoms with Gasteiger partial charge in [0.2, 0.25) is 0 Å². The van der Waals surface area contributed by atoms with E-state index in [9.17, 15) is 0 Å². The molecule has 1 heterocycles. The van der Waals surface area contributed by atoms with E-state index in [4.69, 9.17) is 5.73 Å². The van der Waals surface area contributed by atoms with Crippen LogP contribution in [0.1, 0.15) is 36.3 Å². The SMILES string of the molecule is CCCc1ccc(C(N)CSc2nc(C)ns2)cc1. The summed E-state index contributed by atoms with van der Waals surface area (Å²) in [4.78, 5) is 4.33. The lowest BCUT2D eigenvalue weighted by atomic mass is 10.0. The number of thioether (sulfide) groups is 1. The first-order valence-electron chi connectivity index (χ1n) is 6.46. The molecule has 0 fully saturated rings. The Hall–Kier alpha value is -0.910. The van der Waals surface area contributed by atoms with Crippen LogP contribution in [0, 0.1) is 6.92 Å². The molecule has 1 aromatic heterocycles. The van der Waals surface area contributed by atoms with Gasteiger partial charge in [-0.15, -0.1) is 0 Å². The fourth-order valence-electron chi connectivity index (χ4n) is 1.81. The molecule has 19 heavy (non-hydrogen) atoms. The highest BCUT2D eigenvalue weighted by molar-refractivity contribution is 8.00. The largest absolute Gasteiger partial charge is 0.323 e. The monoisotopic (exact) mass is 293 g/mol. The summed E-state index contributed by atoms with van der Waals surface area (Å²) in [6.07, 6.45) is 2.31. The second-order valence-corrected chi connectivity index (χ2v) is 6.54. The molecule has 0 saturated heterocycles. The van der Waals surface area contributed by atoms with Crippen molar-refractivity contribution in [2.24, 2.45) is 5.73 Å². The summed E-state index contributed by atoms with van der Waals surface area (Å²) in [5, 5.41) is 0. The van der Waals surface area contributed by atoms with Gasteiger partial charge in [-0.2, -0.15) is 4.37 Å². The number of rotatable bonds is 6. The van der Waals surface area contributed by atoms with Crippen molar-refractivity contribution in [2.45, 2.75) is 37.1 Å². The molecule has 1 aromatic carbocycles. The maximum Gasteiger partial charge on any atom is 0.170 e. The Bertz CT molecular complexity index is 508. The second-order valence-electron chi connectivity index (χ2n) is 4.52. The lowest BCUT2D eigenvalue weighted by Gasteiger charge is -2.11. The van der Waals surface area contributed by atoms with Crippen molar-refractivity contribution >= 4 is 23.3 Å². The molecule has 0 spiro atoms. The van der Waals surface area contributed by atoms with E-state index < -0.39 is 0 Å². The molecule has 1 atom stereocenters. The Labute approximate surface area is 122 Å². The Balaban J connectivity index is 1.90. The quantitative estimate of drug-likeness (QED) is 0.827. The van der Waals surface area contributed by atoms with Gasteiger partial charge in [-0.25, -0.2) is 4.98 Å². The van der Waals surface area contributed by atoms with Crippen LogP contribution in [0.3, 0.4) is 0 Å². The summed E-state index contributed by atoms with van der Waals surface area (Å²) >= 11 is 3.12. The Kier molecular flexibility index (Phi) is 5.36. The first kappa shape index (κ1) is 14.5. The van der Waals surface area contributed by atoms with Crippen molar-refractivity contribution in [3.63, 3.8) is 0 Å². The fraction of sp³-hybridized carbons (Fsp3) is 0.429. The lowest BCUT2D eigenvalue weighted by molar-refractivity contribution is 0.827. The molecule has 1 unspecified atom stereocenters. The van der Waals surface area contributed by atoms with E-state index in [2.05, 4.69) is 40.5 Å². The van der Waals surface area contributed by atoms with Crippen molar-refractivity contribution in [2.75, 3.05) is 5.75 Å². The minimum Gasteiger partial charge on any atom is -0.323 e. The number of nitrogens with two attached hydrogens (primary N) is 1. The second kappa shape index (κ2) is 7.03. The summed E-state index contributed by atoms with van der Waals surface area (Å²) < 4.78 is 5.16. The first-order valence-corrected chi connectivity index (χ1v) is 8.22. The number of aromatic nitrogens is 2. The van der Waals surface area contributed by atoms with Gasteiger partial charge in [-0.05, 0) is 36.0 Å². The van der Waals surface area contributed by atoms with Gasteiger partial charge in [0.15, 0.2) is 4.34 Å². The van der Waals surface area contributed by atoms with Gasteiger partial charge in [0.05, 0.1) is 0 Å². The minimum absolute atomic E-state index is 0.0462. The van der Waals surface area contributed by atoms with Crippen LogP contribution in [0.2, 0.25) is 0 Å². The molecule has 5 heteroatoms. The van der Waals surface area contributed by atoms with Crippen LogP contribution >= 0.6 is 23.3 Å². The summed E-state index contributed by atoms with van der Waals surface area (Å²) in [7, 11) is 0. The fourth-order valence-corrected chi connectivity index (χ4v) is 3.48. The highest BCUT2D eigenvalue weighted by atomic mass is 32.2. The van der Waals surface area contributed by atoms with Gasteiger partial charge in [-0.1, -0.05) is 49.4 Å². The molecule has 102 valence electrons. The molecule has 0 aliphatic rings. The smallest absolute Gasteiger partial charge is 0.170 e. The molecule has 2 rings (SSSR count). The van der Waals surface area contributed by atoms with Crippen molar-refractivity contribution in [3.05, 3.63) is 41.2 Å².